The zero-order valence-electron chi connectivity index (χ0n) is 20.0. The second-order valence-electron chi connectivity index (χ2n) is 9.32. The summed E-state index contributed by atoms with van der Waals surface area (Å²) in [7, 11) is 2.10. The number of carbonyl (C=O) groups is 2. The third-order valence-electron chi connectivity index (χ3n) is 6.77. The Morgan fingerprint density at radius 2 is 1.91 bits per heavy atom. The third kappa shape index (κ3) is 6.50. The molecule has 2 aliphatic rings. The number of piperidine rings is 1. The Kier molecular flexibility index (Phi) is 8.21. The number of carbonyl (C=O) groups excluding carboxylic acids is 2. The highest BCUT2D eigenvalue weighted by molar-refractivity contribution is 6.31. The van der Waals surface area contributed by atoms with Crippen molar-refractivity contribution in [3.05, 3.63) is 52.7 Å². The van der Waals surface area contributed by atoms with Gasteiger partial charge in [-0.2, -0.15) is 5.26 Å². The molecule has 35 heavy (non-hydrogen) atoms. The number of benzene rings is 1. The van der Waals surface area contributed by atoms with Crippen molar-refractivity contribution in [1.82, 2.24) is 14.8 Å². The maximum atomic E-state index is 12.9. The number of hydrogen-bond donors (Lipinski definition) is 1. The molecular weight excluding hydrogens is 464 g/mol. The summed E-state index contributed by atoms with van der Waals surface area (Å²) in [5.41, 5.74) is 1.30. The molecule has 0 spiro atoms. The molecule has 2 aliphatic heterocycles. The Morgan fingerprint density at radius 3 is 2.66 bits per heavy atom. The molecule has 0 bridgehead atoms. The lowest BCUT2D eigenvalue weighted by Crippen LogP contribution is -2.39. The molecule has 3 heterocycles. The predicted molar refractivity (Wildman–Crippen MR) is 137 cm³/mol. The first-order chi connectivity index (χ1) is 16.9. The number of amides is 2. The van der Waals surface area contributed by atoms with E-state index in [1.807, 2.05) is 4.90 Å². The normalized spacial score (nSPS) is 17.5. The van der Waals surface area contributed by atoms with E-state index >= 15 is 0 Å². The van der Waals surface area contributed by atoms with Crippen molar-refractivity contribution in [3.63, 3.8) is 0 Å². The number of hydrogen-bond acceptors (Lipinski definition) is 6. The van der Waals surface area contributed by atoms with E-state index in [0.717, 1.165) is 45.4 Å². The van der Waals surface area contributed by atoms with E-state index in [1.165, 1.54) is 0 Å². The average Bonchev–Trinajstić information content (AvgIpc) is 3.09. The van der Waals surface area contributed by atoms with E-state index in [-0.39, 0.29) is 11.8 Å². The lowest BCUT2D eigenvalue weighted by atomic mass is 9.92. The van der Waals surface area contributed by atoms with Crippen LogP contribution in [0.3, 0.4) is 0 Å². The van der Waals surface area contributed by atoms with Crippen LogP contribution < -0.4 is 10.2 Å². The van der Waals surface area contributed by atoms with Crippen molar-refractivity contribution in [1.29, 1.82) is 5.26 Å². The van der Waals surface area contributed by atoms with Crippen molar-refractivity contribution in [3.8, 4) is 6.07 Å². The van der Waals surface area contributed by atoms with Crippen LogP contribution in [0.15, 0.2) is 36.4 Å². The summed E-state index contributed by atoms with van der Waals surface area (Å²) >= 11 is 6.03. The van der Waals surface area contributed by atoms with Gasteiger partial charge in [0, 0.05) is 49.7 Å². The molecule has 8 nitrogen and oxygen atoms in total. The molecule has 2 fully saturated rings. The maximum absolute atomic E-state index is 12.9. The van der Waals surface area contributed by atoms with Crippen LogP contribution >= 0.6 is 11.6 Å². The zero-order valence-corrected chi connectivity index (χ0v) is 20.8. The highest BCUT2D eigenvalue weighted by Gasteiger charge is 2.27. The van der Waals surface area contributed by atoms with E-state index in [4.69, 9.17) is 11.6 Å². The molecular formula is C26H31ClN6O2. The van der Waals surface area contributed by atoms with Gasteiger partial charge in [-0.25, -0.2) is 4.98 Å². The van der Waals surface area contributed by atoms with Crippen molar-refractivity contribution < 1.29 is 9.59 Å². The fraction of sp³-hybridized carbons (Fsp3) is 0.462. The number of halogens is 1. The molecule has 2 amide bonds. The van der Waals surface area contributed by atoms with Crippen LogP contribution in [0.1, 0.15) is 41.7 Å². The summed E-state index contributed by atoms with van der Waals surface area (Å²) < 4.78 is 0. The first kappa shape index (κ1) is 25.0. The van der Waals surface area contributed by atoms with Crippen molar-refractivity contribution in [2.45, 2.75) is 25.7 Å². The van der Waals surface area contributed by atoms with Gasteiger partial charge in [-0.1, -0.05) is 17.7 Å². The summed E-state index contributed by atoms with van der Waals surface area (Å²) in [5, 5.41) is 12.8. The van der Waals surface area contributed by atoms with Gasteiger partial charge < -0.3 is 20.0 Å². The Bertz CT molecular complexity index is 1110. The molecule has 9 heteroatoms. The maximum Gasteiger partial charge on any atom is 0.255 e. The lowest BCUT2D eigenvalue weighted by Gasteiger charge is -2.34. The largest absolute Gasteiger partial charge is 0.355 e. The van der Waals surface area contributed by atoms with E-state index < -0.39 is 0 Å². The SMILES string of the molecule is CN1CCCN(C(=O)CC2CCN(c3nc(C#N)ccc3NC(=O)c3cccc(Cl)c3)CC2)CC1. The van der Waals surface area contributed by atoms with Gasteiger partial charge in [0.2, 0.25) is 5.91 Å². The van der Waals surface area contributed by atoms with Gasteiger partial charge in [-0.3, -0.25) is 9.59 Å². The molecule has 0 saturated carbocycles. The Morgan fingerprint density at radius 1 is 1.11 bits per heavy atom. The highest BCUT2D eigenvalue weighted by atomic mass is 35.5. The summed E-state index contributed by atoms with van der Waals surface area (Å²) in [4.78, 5) is 36.6. The van der Waals surface area contributed by atoms with Crippen molar-refractivity contribution in [2.75, 3.05) is 56.5 Å². The average molecular weight is 495 g/mol. The highest BCUT2D eigenvalue weighted by Crippen LogP contribution is 2.30. The number of likely N-dealkylation sites (N-methyl/N-ethyl adjacent to an activating group) is 1. The molecule has 1 N–H and O–H groups in total. The van der Waals surface area contributed by atoms with Crippen LogP contribution in [-0.4, -0.2) is 72.9 Å². The second-order valence-corrected chi connectivity index (χ2v) is 9.75. The monoisotopic (exact) mass is 494 g/mol. The van der Waals surface area contributed by atoms with E-state index in [2.05, 4.69) is 33.2 Å². The molecule has 2 aromatic rings. The summed E-state index contributed by atoms with van der Waals surface area (Å²) in [6.45, 7) is 5.02. The van der Waals surface area contributed by atoms with Crippen LogP contribution in [0.2, 0.25) is 5.02 Å². The van der Waals surface area contributed by atoms with Crippen LogP contribution in [-0.2, 0) is 4.79 Å². The molecule has 2 saturated heterocycles. The Balaban J connectivity index is 1.40. The molecule has 0 radical (unpaired) electrons. The van der Waals surface area contributed by atoms with E-state index in [0.29, 0.717) is 53.2 Å². The molecule has 184 valence electrons. The summed E-state index contributed by atoms with van der Waals surface area (Å²) in [6, 6.07) is 12.1. The van der Waals surface area contributed by atoms with Gasteiger partial charge in [-0.15, -0.1) is 0 Å². The Labute approximate surface area is 211 Å². The smallest absolute Gasteiger partial charge is 0.255 e. The number of nitriles is 1. The number of nitrogens with one attached hydrogen (secondary N) is 1. The zero-order chi connectivity index (χ0) is 24.8. The fourth-order valence-electron chi connectivity index (χ4n) is 4.69. The fourth-order valence-corrected chi connectivity index (χ4v) is 4.88. The van der Waals surface area contributed by atoms with Gasteiger partial charge in [0.15, 0.2) is 5.82 Å². The quantitative estimate of drug-likeness (QED) is 0.682. The number of aromatic nitrogens is 1. The number of nitrogens with zero attached hydrogens (tertiary/aromatic N) is 5. The molecule has 0 aliphatic carbocycles. The number of rotatable bonds is 5. The first-order valence-electron chi connectivity index (χ1n) is 12.1. The van der Waals surface area contributed by atoms with E-state index in [9.17, 15) is 14.9 Å². The first-order valence-corrected chi connectivity index (χ1v) is 12.5. The van der Waals surface area contributed by atoms with Gasteiger partial charge in [0.1, 0.15) is 11.8 Å². The van der Waals surface area contributed by atoms with Crippen molar-refractivity contribution >= 4 is 34.9 Å². The lowest BCUT2D eigenvalue weighted by molar-refractivity contribution is -0.132. The van der Waals surface area contributed by atoms with Crippen LogP contribution in [0.4, 0.5) is 11.5 Å². The second kappa shape index (κ2) is 11.5. The van der Waals surface area contributed by atoms with Crippen molar-refractivity contribution in [2.24, 2.45) is 5.92 Å². The minimum atomic E-state index is -0.288. The van der Waals surface area contributed by atoms with Gasteiger partial charge >= 0.3 is 0 Å². The molecule has 1 aromatic carbocycles. The van der Waals surface area contributed by atoms with Crippen LogP contribution in [0.5, 0.6) is 0 Å². The summed E-state index contributed by atoms with van der Waals surface area (Å²) in [5.74, 6) is 0.866. The third-order valence-corrected chi connectivity index (χ3v) is 7.01. The molecule has 0 atom stereocenters. The standard InChI is InChI=1S/C26H31ClN6O2/c1-31-10-3-11-32(15-14-31)24(34)16-19-8-12-33(13-9-19)25-23(7-6-22(18-28)29-25)30-26(35)20-4-2-5-21(27)17-20/h2,4-7,17,19H,3,8-16H2,1H3,(H,30,35). The number of anilines is 2. The minimum absolute atomic E-state index is 0.248. The molecule has 0 unspecified atom stereocenters. The predicted octanol–water partition coefficient (Wildman–Crippen LogP) is 3.63. The summed E-state index contributed by atoms with van der Waals surface area (Å²) in [6.07, 6.45) is 3.31. The number of pyridine rings is 1. The van der Waals surface area contributed by atoms with Crippen LogP contribution in [0, 0.1) is 17.2 Å². The van der Waals surface area contributed by atoms with Gasteiger partial charge in [0.25, 0.3) is 5.91 Å². The molecule has 1 aromatic heterocycles. The van der Waals surface area contributed by atoms with Gasteiger partial charge in [-0.05, 0) is 69.1 Å². The minimum Gasteiger partial charge on any atom is -0.355 e. The Hall–Kier alpha value is -3.15. The van der Waals surface area contributed by atoms with Crippen LogP contribution in [0.25, 0.3) is 0 Å². The van der Waals surface area contributed by atoms with E-state index in [1.54, 1.807) is 36.4 Å². The molecule has 4 rings (SSSR count). The van der Waals surface area contributed by atoms with Gasteiger partial charge in [0.05, 0.1) is 5.69 Å². The topological polar surface area (TPSA) is 92.6 Å².